The molecule has 3 heteroatoms. The lowest BCUT2D eigenvalue weighted by Crippen LogP contribution is -1.97. The first-order valence-electron chi connectivity index (χ1n) is 3.45. The molecule has 0 aromatic carbocycles. The quantitative estimate of drug-likeness (QED) is 0.691. The van der Waals surface area contributed by atoms with E-state index in [4.69, 9.17) is 4.74 Å². The van der Waals surface area contributed by atoms with Crippen LogP contribution >= 0.6 is 0 Å². The average molecular weight is 140 g/mol. The Morgan fingerprint density at radius 3 is 3.10 bits per heavy atom. The summed E-state index contributed by atoms with van der Waals surface area (Å²) in [7, 11) is 0. The van der Waals surface area contributed by atoms with Gasteiger partial charge in [0.2, 0.25) is 0 Å². The summed E-state index contributed by atoms with van der Waals surface area (Å²) in [6.45, 7) is 4.73. The Morgan fingerprint density at radius 2 is 2.60 bits per heavy atom. The molecule has 0 spiro atoms. The molecule has 1 atom stereocenters. The predicted octanol–water partition coefficient (Wildman–Crippen LogP) is 1.51. The van der Waals surface area contributed by atoms with Gasteiger partial charge < -0.3 is 4.74 Å². The second kappa shape index (κ2) is 3.37. The maximum Gasteiger partial charge on any atom is 0.0827 e. The molecule has 0 saturated heterocycles. The van der Waals surface area contributed by atoms with Crippen LogP contribution in [0.2, 0.25) is 0 Å². The van der Waals surface area contributed by atoms with E-state index in [0.717, 1.165) is 12.2 Å². The van der Waals surface area contributed by atoms with Crippen molar-refractivity contribution < 1.29 is 4.74 Å². The summed E-state index contributed by atoms with van der Waals surface area (Å²) in [5, 5.41) is 6.56. The number of aromatic amines is 1. The topological polar surface area (TPSA) is 37.9 Å². The minimum atomic E-state index is 0.156. The van der Waals surface area contributed by atoms with Crippen molar-refractivity contribution in [2.75, 3.05) is 6.61 Å². The highest BCUT2D eigenvalue weighted by molar-refractivity contribution is 5.05. The molecule has 0 radical (unpaired) electrons. The van der Waals surface area contributed by atoms with Crippen molar-refractivity contribution in [3.05, 3.63) is 18.0 Å². The molecule has 56 valence electrons. The maximum absolute atomic E-state index is 5.33. The fraction of sp³-hybridized carbons (Fsp3) is 0.571. The third-order valence-electron chi connectivity index (χ3n) is 1.41. The van der Waals surface area contributed by atoms with Crippen LogP contribution in [0.5, 0.6) is 0 Å². The van der Waals surface area contributed by atoms with Crippen LogP contribution in [-0.2, 0) is 4.74 Å². The van der Waals surface area contributed by atoms with Crippen molar-refractivity contribution in [1.82, 2.24) is 10.2 Å². The van der Waals surface area contributed by atoms with E-state index in [1.807, 2.05) is 20.0 Å². The number of hydrogen-bond donors (Lipinski definition) is 1. The molecule has 0 amide bonds. The summed E-state index contributed by atoms with van der Waals surface area (Å²) < 4.78 is 5.33. The number of ether oxygens (including phenoxy) is 1. The lowest BCUT2D eigenvalue weighted by atomic mass is 10.2. The number of rotatable bonds is 3. The Hall–Kier alpha value is -0.830. The molecule has 0 aliphatic rings. The molecule has 1 unspecified atom stereocenters. The van der Waals surface area contributed by atoms with Crippen molar-refractivity contribution in [1.29, 1.82) is 0 Å². The summed E-state index contributed by atoms with van der Waals surface area (Å²) in [5.74, 6) is 0. The summed E-state index contributed by atoms with van der Waals surface area (Å²) >= 11 is 0. The lowest BCUT2D eigenvalue weighted by molar-refractivity contribution is 0.0764. The smallest absolute Gasteiger partial charge is 0.0827 e. The number of aromatic nitrogens is 2. The Bertz CT molecular complexity index is 172. The van der Waals surface area contributed by atoms with E-state index < -0.39 is 0 Å². The van der Waals surface area contributed by atoms with Gasteiger partial charge in [-0.1, -0.05) is 0 Å². The van der Waals surface area contributed by atoms with Gasteiger partial charge in [0.15, 0.2) is 0 Å². The summed E-state index contributed by atoms with van der Waals surface area (Å²) in [4.78, 5) is 0. The number of H-pyrrole nitrogens is 1. The second-order valence-electron chi connectivity index (χ2n) is 2.13. The van der Waals surface area contributed by atoms with Crippen LogP contribution in [0.4, 0.5) is 0 Å². The minimum Gasteiger partial charge on any atom is -0.374 e. The van der Waals surface area contributed by atoms with Crippen LogP contribution in [0.3, 0.4) is 0 Å². The van der Waals surface area contributed by atoms with E-state index in [0.29, 0.717) is 0 Å². The number of nitrogens with one attached hydrogen (secondary N) is 1. The Kier molecular flexibility index (Phi) is 2.45. The Morgan fingerprint density at radius 1 is 1.80 bits per heavy atom. The van der Waals surface area contributed by atoms with Gasteiger partial charge in [0.1, 0.15) is 0 Å². The van der Waals surface area contributed by atoms with Gasteiger partial charge in [-0.3, -0.25) is 5.10 Å². The average Bonchev–Trinajstić information content (AvgIpc) is 2.38. The molecular weight excluding hydrogens is 128 g/mol. The Labute approximate surface area is 60.4 Å². The Balaban J connectivity index is 2.50. The molecule has 1 rings (SSSR count). The van der Waals surface area contributed by atoms with Gasteiger partial charge >= 0.3 is 0 Å². The zero-order valence-corrected chi connectivity index (χ0v) is 6.29. The molecular formula is C7H12N2O. The van der Waals surface area contributed by atoms with E-state index >= 15 is 0 Å². The van der Waals surface area contributed by atoms with Gasteiger partial charge in [0.25, 0.3) is 0 Å². The molecule has 0 aliphatic carbocycles. The number of hydrogen-bond acceptors (Lipinski definition) is 2. The fourth-order valence-electron chi connectivity index (χ4n) is 0.829. The first-order chi connectivity index (χ1) is 4.84. The molecule has 1 aromatic rings. The van der Waals surface area contributed by atoms with E-state index in [1.54, 1.807) is 6.20 Å². The highest BCUT2D eigenvalue weighted by atomic mass is 16.5. The van der Waals surface area contributed by atoms with Crippen LogP contribution in [0.25, 0.3) is 0 Å². The number of nitrogens with zero attached hydrogens (tertiary/aromatic N) is 1. The highest BCUT2D eigenvalue weighted by Gasteiger charge is 2.03. The highest BCUT2D eigenvalue weighted by Crippen LogP contribution is 2.13. The van der Waals surface area contributed by atoms with Crippen LogP contribution in [-0.4, -0.2) is 16.8 Å². The van der Waals surface area contributed by atoms with Gasteiger partial charge in [-0.15, -0.1) is 0 Å². The predicted molar refractivity (Wildman–Crippen MR) is 38.6 cm³/mol. The normalized spacial score (nSPS) is 13.4. The van der Waals surface area contributed by atoms with Crippen molar-refractivity contribution in [2.24, 2.45) is 0 Å². The van der Waals surface area contributed by atoms with Crippen molar-refractivity contribution in [3.8, 4) is 0 Å². The molecule has 0 bridgehead atoms. The zero-order valence-electron chi connectivity index (χ0n) is 6.29. The summed E-state index contributed by atoms with van der Waals surface area (Å²) in [5.41, 5.74) is 1.10. The first-order valence-corrected chi connectivity index (χ1v) is 3.45. The van der Waals surface area contributed by atoms with Crippen molar-refractivity contribution in [2.45, 2.75) is 20.0 Å². The molecule has 1 heterocycles. The van der Waals surface area contributed by atoms with Gasteiger partial charge in [-0.2, -0.15) is 5.10 Å². The first kappa shape index (κ1) is 7.28. The van der Waals surface area contributed by atoms with E-state index in [9.17, 15) is 0 Å². The van der Waals surface area contributed by atoms with Gasteiger partial charge in [-0.05, 0) is 13.8 Å². The largest absolute Gasteiger partial charge is 0.374 e. The molecule has 10 heavy (non-hydrogen) atoms. The summed E-state index contributed by atoms with van der Waals surface area (Å²) in [6.07, 6.45) is 3.78. The van der Waals surface area contributed by atoms with Crippen molar-refractivity contribution in [3.63, 3.8) is 0 Å². The van der Waals surface area contributed by atoms with Crippen LogP contribution in [0, 0.1) is 0 Å². The lowest BCUT2D eigenvalue weighted by Gasteiger charge is -2.07. The third-order valence-corrected chi connectivity index (χ3v) is 1.41. The van der Waals surface area contributed by atoms with Crippen LogP contribution in [0.1, 0.15) is 25.5 Å². The van der Waals surface area contributed by atoms with Crippen LogP contribution < -0.4 is 0 Å². The monoisotopic (exact) mass is 140 g/mol. The standard InChI is InChI=1S/C7H12N2O/c1-3-10-6(2)7-4-8-9-5-7/h4-6H,3H2,1-2H3,(H,8,9). The molecule has 0 aliphatic heterocycles. The molecule has 1 N–H and O–H groups in total. The molecule has 3 nitrogen and oxygen atoms in total. The van der Waals surface area contributed by atoms with Gasteiger partial charge in [0.05, 0.1) is 12.3 Å². The second-order valence-corrected chi connectivity index (χ2v) is 2.13. The third kappa shape index (κ3) is 1.57. The van der Waals surface area contributed by atoms with Gasteiger partial charge in [-0.25, -0.2) is 0 Å². The zero-order chi connectivity index (χ0) is 7.40. The SMILES string of the molecule is CCOC(C)c1cn[nH]c1. The fourth-order valence-corrected chi connectivity index (χ4v) is 0.829. The maximum atomic E-state index is 5.33. The molecule has 0 fully saturated rings. The van der Waals surface area contributed by atoms with E-state index in [1.165, 1.54) is 0 Å². The van der Waals surface area contributed by atoms with Crippen LogP contribution in [0.15, 0.2) is 12.4 Å². The van der Waals surface area contributed by atoms with Crippen molar-refractivity contribution >= 4 is 0 Å². The van der Waals surface area contributed by atoms with Gasteiger partial charge in [0, 0.05) is 18.4 Å². The summed E-state index contributed by atoms with van der Waals surface area (Å²) in [6, 6.07) is 0. The minimum absolute atomic E-state index is 0.156. The van der Waals surface area contributed by atoms with E-state index in [-0.39, 0.29) is 6.10 Å². The van der Waals surface area contributed by atoms with E-state index in [2.05, 4.69) is 10.2 Å². The molecule has 0 saturated carbocycles. The molecule has 1 aromatic heterocycles.